The zero-order valence-corrected chi connectivity index (χ0v) is 12.1. The normalized spacial score (nSPS) is 11.5. The first kappa shape index (κ1) is 15.5. The number of hydrogen-bond donors (Lipinski definition) is 2. The average molecular weight is 266 g/mol. The van der Waals surface area contributed by atoms with Gasteiger partial charge in [0.1, 0.15) is 5.82 Å². The van der Waals surface area contributed by atoms with Crippen LogP contribution in [0.1, 0.15) is 33.3 Å². The maximum Gasteiger partial charge on any atom is 0.314 e. The second-order valence-corrected chi connectivity index (χ2v) is 5.85. The third-order valence-corrected chi connectivity index (χ3v) is 2.99. The second kappa shape index (κ2) is 6.55. The van der Waals surface area contributed by atoms with E-state index in [1.807, 2.05) is 27.7 Å². The van der Waals surface area contributed by atoms with Crippen LogP contribution in [0.4, 0.5) is 9.18 Å². The van der Waals surface area contributed by atoms with E-state index < -0.39 is 0 Å². The van der Waals surface area contributed by atoms with E-state index in [2.05, 4.69) is 10.6 Å². The quantitative estimate of drug-likeness (QED) is 0.845. The van der Waals surface area contributed by atoms with Gasteiger partial charge in [0.25, 0.3) is 0 Å². The molecule has 0 atom stereocenters. The summed E-state index contributed by atoms with van der Waals surface area (Å²) in [5.74, 6) is 0.179. The molecule has 0 unspecified atom stereocenters. The van der Waals surface area contributed by atoms with Gasteiger partial charge in [-0.2, -0.15) is 0 Å². The lowest BCUT2D eigenvalue weighted by Crippen LogP contribution is -2.43. The summed E-state index contributed by atoms with van der Waals surface area (Å²) < 4.78 is 12.9. The van der Waals surface area contributed by atoms with Crippen molar-refractivity contribution in [2.45, 2.75) is 33.1 Å². The van der Waals surface area contributed by atoms with Gasteiger partial charge in [0.2, 0.25) is 0 Å². The highest BCUT2D eigenvalue weighted by molar-refractivity contribution is 5.73. The predicted molar refractivity (Wildman–Crippen MR) is 75.7 cm³/mol. The molecule has 0 radical (unpaired) electrons. The van der Waals surface area contributed by atoms with E-state index >= 15 is 0 Å². The van der Waals surface area contributed by atoms with E-state index in [0.717, 1.165) is 5.56 Å². The molecule has 1 rings (SSSR count). The molecule has 1 aromatic carbocycles. The molecule has 0 fully saturated rings. The number of urea groups is 1. The Hall–Kier alpha value is -1.58. The van der Waals surface area contributed by atoms with Crippen LogP contribution in [-0.2, 0) is 5.41 Å². The van der Waals surface area contributed by atoms with E-state index in [1.165, 1.54) is 12.1 Å². The SMILES string of the molecule is CC(C)CNC(=O)NCC(C)(C)c1ccc(F)cc1. The van der Waals surface area contributed by atoms with E-state index in [-0.39, 0.29) is 17.3 Å². The van der Waals surface area contributed by atoms with Gasteiger partial charge in [-0.15, -0.1) is 0 Å². The lowest BCUT2D eigenvalue weighted by atomic mass is 9.84. The fourth-order valence-electron chi connectivity index (χ4n) is 1.66. The number of rotatable bonds is 5. The number of carbonyl (C=O) groups is 1. The monoisotopic (exact) mass is 266 g/mol. The Balaban J connectivity index is 2.50. The fourth-order valence-corrected chi connectivity index (χ4v) is 1.66. The van der Waals surface area contributed by atoms with E-state index in [9.17, 15) is 9.18 Å². The lowest BCUT2D eigenvalue weighted by Gasteiger charge is -2.25. The molecule has 19 heavy (non-hydrogen) atoms. The van der Waals surface area contributed by atoms with E-state index in [0.29, 0.717) is 19.0 Å². The predicted octanol–water partition coefficient (Wildman–Crippen LogP) is 3.06. The number of benzene rings is 1. The molecule has 106 valence electrons. The Kier molecular flexibility index (Phi) is 5.33. The van der Waals surface area contributed by atoms with Gasteiger partial charge in [-0.05, 0) is 23.6 Å². The second-order valence-electron chi connectivity index (χ2n) is 5.85. The van der Waals surface area contributed by atoms with Crippen molar-refractivity contribution in [3.05, 3.63) is 35.6 Å². The molecular formula is C15H23FN2O. The summed E-state index contributed by atoms with van der Waals surface area (Å²) in [4.78, 5) is 11.6. The number of amides is 2. The maximum atomic E-state index is 12.9. The first-order chi connectivity index (χ1) is 8.81. The topological polar surface area (TPSA) is 41.1 Å². The number of carbonyl (C=O) groups excluding carboxylic acids is 1. The van der Waals surface area contributed by atoms with Crippen LogP contribution in [0, 0.1) is 11.7 Å². The van der Waals surface area contributed by atoms with Crippen LogP contribution in [0.5, 0.6) is 0 Å². The first-order valence-electron chi connectivity index (χ1n) is 6.59. The van der Waals surface area contributed by atoms with Gasteiger partial charge in [0.05, 0.1) is 0 Å². The molecular weight excluding hydrogens is 243 g/mol. The van der Waals surface area contributed by atoms with Crippen molar-refractivity contribution in [1.82, 2.24) is 10.6 Å². The Morgan fingerprint density at radius 3 is 2.32 bits per heavy atom. The van der Waals surface area contributed by atoms with Crippen LogP contribution in [0.25, 0.3) is 0 Å². The molecule has 0 aromatic heterocycles. The van der Waals surface area contributed by atoms with Gasteiger partial charge in [0.15, 0.2) is 0 Å². The van der Waals surface area contributed by atoms with Crippen molar-refractivity contribution in [3.63, 3.8) is 0 Å². The number of hydrogen-bond acceptors (Lipinski definition) is 1. The standard InChI is InChI=1S/C15H23FN2O/c1-11(2)9-17-14(19)18-10-15(3,4)12-5-7-13(16)8-6-12/h5-8,11H,9-10H2,1-4H3,(H2,17,18,19). The summed E-state index contributed by atoms with van der Waals surface area (Å²) in [5, 5.41) is 5.65. The molecule has 0 heterocycles. The minimum Gasteiger partial charge on any atom is -0.338 e. The zero-order chi connectivity index (χ0) is 14.5. The minimum atomic E-state index is -0.248. The van der Waals surface area contributed by atoms with Gasteiger partial charge in [-0.1, -0.05) is 39.8 Å². The van der Waals surface area contributed by atoms with Crippen LogP contribution in [0.3, 0.4) is 0 Å². The van der Waals surface area contributed by atoms with Gasteiger partial charge >= 0.3 is 6.03 Å². The molecule has 0 aliphatic rings. The summed E-state index contributed by atoms with van der Waals surface area (Å²) in [7, 11) is 0. The van der Waals surface area contributed by atoms with Crippen molar-refractivity contribution < 1.29 is 9.18 Å². The molecule has 4 heteroatoms. The molecule has 3 nitrogen and oxygen atoms in total. The van der Waals surface area contributed by atoms with Crippen LogP contribution in [-0.4, -0.2) is 19.1 Å². The van der Waals surface area contributed by atoms with Crippen LogP contribution in [0.2, 0.25) is 0 Å². The Labute approximate surface area is 114 Å². The van der Waals surface area contributed by atoms with Crippen molar-refractivity contribution in [2.75, 3.05) is 13.1 Å². The molecule has 0 aliphatic carbocycles. The number of halogens is 1. The summed E-state index contributed by atoms with van der Waals surface area (Å²) in [6.45, 7) is 9.28. The highest BCUT2D eigenvalue weighted by atomic mass is 19.1. The van der Waals surface area contributed by atoms with E-state index in [1.54, 1.807) is 12.1 Å². The van der Waals surface area contributed by atoms with Crippen molar-refractivity contribution in [3.8, 4) is 0 Å². The molecule has 0 saturated heterocycles. The smallest absolute Gasteiger partial charge is 0.314 e. The summed E-state index contributed by atoms with van der Waals surface area (Å²) in [6, 6.07) is 6.22. The minimum absolute atomic E-state index is 0.163. The van der Waals surface area contributed by atoms with Gasteiger partial charge < -0.3 is 10.6 Å². The van der Waals surface area contributed by atoms with Gasteiger partial charge in [0, 0.05) is 18.5 Å². The Bertz CT molecular complexity index is 413. The van der Waals surface area contributed by atoms with Gasteiger partial charge in [-0.25, -0.2) is 9.18 Å². The molecule has 0 saturated carbocycles. The summed E-state index contributed by atoms with van der Waals surface area (Å²) in [5.41, 5.74) is 0.765. The molecule has 0 spiro atoms. The van der Waals surface area contributed by atoms with Crippen LogP contribution < -0.4 is 10.6 Å². The van der Waals surface area contributed by atoms with Crippen molar-refractivity contribution >= 4 is 6.03 Å². The molecule has 0 aliphatic heterocycles. The third-order valence-electron chi connectivity index (χ3n) is 2.99. The fraction of sp³-hybridized carbons (Fsp3) is 0.533. The molecule has 1 aromatic rings. The number of nitrogens with one attached hydrogen (secondary N) is 2. The third kappa shape index (κ3) is 5.28. The Morgan fingerprint density at radius 2 is 1.79 bits per heavy atom. The highest BCUT2D eigenvalue weighted by Crippen LogP contribution is 2.22. The summed E-state index contributed by atoms with van der Waals surface area (Å²) in [6.07, 6.45) is 0. The first-order valence-corrected chi connectivity index (χ1v) is 6.59. The van der Waals surface area contributed by atoms with E-state index in [4.69, 9.17) is 0 Å². The van der Waals surface area contributed by atoms with Crippen molar-refractivity contribution in [2.24, 2.45) is 5.92 Å². The van der Waals surface area contributed by atoms with Crippen molar-refractivity contribution in [1.29, 1.82) is 0 Å². The average Bonchev–Trinajstić information content (AvgIpc) is 2.34. The Morgan fingerprint density at radius 1 is 1.21 bits per heavy atom. The molecule has 2 N–H and O–H groups in total. The summed E-state index contributed by atoms with van der Waals surface area (Å²) >= 11 is 0. The largest absolute Gasteiger partial charge is 0.338 e. The lowest BCUT2D eigenvalue weighted by molar-refractivity contribution is 0.237. The van der Waals surface area contributed by atoms with Crippen LogP contribution >= 0.6 is 0 Å². The maximum absolute atomic E-state index is 12.9. The van der Waals surface area contributed by atoms with Gasteiger partial charge in [-0.3, -0.25) is 0 Å². The molecule has 0 bridgehead atoms. The van der Waals surface area contributed by atoms with Crippen LogP contribution in [0.15, 0.2) is 24.3 Å². The zero-order valence-electron chi connectivity index (χ0n) is 12.1. The molecule has 2 amide bonds. The highest BCUT2D eigenvalue weighted by Gasteiger charge is 2.21.